The molecule has 2 heterocycles. The predicted octanol–water partition coefficient (Wildman–Crippen LogP) is 6.39. The zero-order chi connectivity index (χ0) is 24.3. The van der Waals surface area contributed by atoms with Gasteiger partial charge in [0.05, 0.1) is 5.69 Å². The normalized spacial score (nSPS) is 14.1. The fourth-order valence-electron chi connectivity index (χ4n) is 3.62. The van der Waals surface area contributed by atoms with Crippen molar-refractivity contribution in [3.05, 3.63) is 71.6 Å². The Balaban J connectivity index is 1.43. The average molecular weight is 484 g/mol. The summed E-state index contributed by atoms with van der Waals surface area (Å²) in [6.45, 7) is 8.07. The van der Waals surface area contributed by atoms with Crippen molar-refractivity contribution in [1.82, 2.24) is 9.88 Å². The van der Waals surface area contributed by atoms with Gasteiger partial charge in [-0.15, -0.1) is 0 Å². The van der Waals surface area contributed by atoms with Crippen molar-refractivity contribution in [3.63, 3.8) is 0 Å². The Morgan fingerprint density at radius 1 is 0.941 bits per heavy atom. The number of piperazine rings is 1. The molecule has 0 unspecified atom stereocenters. The number of amides is 1. The lowest BCUT2D eigenvalue weighted by molar-refractivity contribution is 0.0240. The Bertz CT molecular complexity index is 1140. The van der Waals surface area contributed by atoms with E-state index in [0.29, 0.717) is 42.8 Å². The van der Waals surface area contributed by atoms with E-state index < -0.39 is 5.60 Å². The number of ether oxygens (including phenoxy) is 2. The number of pyridine rings is 1. The molecule has 1 aliphatic heterocycles. The number of anilines is 1. The number of carbonyl (C=O) groups is 1. The van der Waals surface area contributed by atoms with Crippen LogP contribution in [0.25, 0.3) is 11.3 Å². The second-order valence-corrected chi connectivity index (χ2v) is 9.46. The largest absolute Gasteiger partial charge is 0.457 e. The minimum Gasteiger partial charge on any atom is -0.457 e. The van der Waals surface area contributed by atoms with E-state index in [1.54, 1.807) is 17.0 Å². The maximum absolute atomic E-state index is 13.1. The predicted molar refractivity (Wildman–Crippen MR) is 131 cm³/mol. The third-order valence-electron chi connectivity index (χ3n) is 5.27. The maximum atomic E-state index is 13.1. The molecule has 8 heteroatoms. The first-order valence-corrected chi connectivity index (χ1v) is 11.5. The van der Waals surface area contributed by atoms with Crippen LogP contribution in [0.1, 0.15) is 20.8 Å². The zero-order valence-corrected chi connectivity index (χ0v) is 20.2. The monoisotopic (exact) mass is 483 g/mol. The Morgan fingerprint density at radius 3 is 2.12 bits per heavy atom. The number of hydrogen-bond acceptors (Lipinski definition) is 5. The quantitative estimate of drug-likeness (QED) is 0.402. The zero-order valence-electron chi connectivity index (χ0n) is 19.4. The van der Waals surface area contributed by atoms with E-state index in [1.807, 2.05) is 57.2 Å². The number of rotatable bonds is 4. The van der Waals surface area contributed by atoms with Gasteiger partial charge in [-0.1, -0.05) is 11.6 Å². The maximum Gasteiger partial charge on any atom is 0.410 e. The van der Waals surface area contributed by atoms with E-state index in [2.05, 4.69) is 9.88 Å². The highest BCUT2D eigenvalue weighted by Gasteiger charge is 2.26. The van der Waals surface area contributed by atoms with Gasteiger partial charge >= 0.3 is 6.09 Å². The highest BCUT2D eigenvalue weighted by Crippen LogP contribution is 2.29. The first-order valence-electron chi connectivity index (χ1n) is 11.1. The van der Waals surface area contributed by atoms with Crippen LogP contribution < -0.4 is 9.64 Å². The van der Waals surface area contributed by atoms with Gasteiger partial charge in [0.15, 0.2) is 0 Å². The van der Waals surface area contributed by atoms with E-state index in [1.165, 1.54) is 12.1 Å². The third kappa shape index (κ3) is 6.17. The van der Waals surface area contributed by atoms with Crippen molar-refractivity contribution in [2.45, 2.75) is 26.4 Å². The summed E-state index contributed by atoms with van der Waals surface area (Å²) in [5.41, 5.74) is 2.07. The molecule has 1 aromatic heterocycles. The van der Waals surface area contributed by atoms with Gasteiger partial charge in [0.25, 0.3) is 0 Å². The fraction of sp³-hybridized carbons (Fsp3) is 0.308. The molecule has 0 aliphatic carbocycles. The van der Waals surface area contributed by atoms with Crippen LogP contribution in [-0.4, -0.2) is 47.8 Å². The van der Waals surface area contributed by atoms with Crippen LogP contribution in [0.3, 0.4) is 0 Å². The van der Waals surface area contributed by atoms with Gasteiger partial charge in [-0.2, -0.15) is 0 Å². The molecule has 1 fully saturated rings. The van der Waals surface area contributed by atoms with Crippen LogP contribution in [0, 0.1) is 5.82 Å². The summed E-state index contributed by atoms with van der Waals surface area (Å²) in [6, 6.07) is 17.2. The van der Waals surface area contributed by atoms with Gasteiger partial charge < -0.3 is 19.3 Å². The van der Waals surface area contributed by atoms with Crippen LogP contribution in [0.4, 0.5) is 14.9 Å². The Hall–Kier alpha value is -3.32. The molecule has 0 N–H and O–H groups in total. The van der Waals surface area contributed by atoms with E-state index in [0.717, 1.165) is 16.9 Å². The minimum absolute atomic E-state index is 0.288. The second kappa shape index (κ2) is 9.89. The smallest absolute Gasteiger partial charge is 0.410 e. The number of benzene rings is 2. The lowest BCUT2D eigenvalue weighted by atomic mass is 10.1. The number of aromatic nitrogens is 1. The summed E-state index contributed by atoms with van der Waals surface area (Å²) < 4.78 is 24.3. The summed E-state index contributed by atoms with van der Waals surface area (Å²) in [7, 11) is 0. The van der Waals surface area contributed by atoms with E-state index >= 15 is 0 Å². The van der Waals surface area contributed by atoms with Crippen LogP contribution in [0.2, 0.25) is 5.15 Å². The molecule has 0 bridgehead atoms. The van der Waals surface area contributed by atoms with Gasteiger partial charge in [0, 0.05) is 37.4 Å². The SMILES string of the molecule is CC(C)(C)OC(=O)N1CCN(c2cc(Cl)nc(-c3ccc(Oc4ccc(F)cc4)cc3)c2)CC1. The number of halogens is 2. The molecule has 4 rings (SSSR count). The van der Waals surface area contributed by atoms with Crippen LogP contribution in [-0.2, 0) is 4.74 Å². The molecule has 2 aromatic carbocycles. The second-order valence-electron chi connectivity index (χ2n) is 9.07. The summed E-state index contributed by atoms with van der Waals surface area (Å²) in [6.07, 6.45) is -0.288. The topological polar surface area (TPSA) is 54.9 Å². The van der Waals surface area contributed by atoms with Crippen molar-refractivity contribution in [1.29, 1.82) is 0 Å². The van der Waals surface area contributed by atoms with E-state index in [4.69, 9.17) is 21.1 Å². The Kier molecular flexibility index (Phi) is 6.93. The standard InChI is InChI=1S/C26H27ClFN3O3/c1-26(2,3)34-25(32)31-14-12-30(13-15-31)20-16-23(29-24(27)17-20)18-4-8-21(9-5-18)33-22-10-6-19(28)7-11-22/h4-11,16-17H,12-15H2,1-3H3. The van der Waals surface area contributed by atoms with Crippen LogP contribution in [0.15, 0.2) is 60.7 Å². The summed E-state index contributed by atoms with van der Waals surface area (Å²) in [4.78, 5) is 20.7. The number of nitrogens with zero attached hydrogens (tertiary/aromatic N) is 3. The fourth-order valence-corrected chi connectivity index (χ4v) is 3.82. The minimum atomic E-state index is -0.513. The summed E-state index contributed by atoms with van der Waals surface area (Å²) in [5.74, 6) is 0.885. The van der Waals surface area contributed by atoms with E-state index in [-0.39, 0.29) is 11.9 Å². The molecule has 3 aromatic rings. The van der Waals surface area contributed by atoms with Crippen molar-refractivity contribution >= 4 is 23.4 Å². The van der Waals surface area contributed by atoms with Gasteiger partial charge in [0.2, 0.25) is 0 Å². The molecule has 1 saturated heterocycles. The highest BCUT2D eigenvalue weighted by molar-refractivity contribution is 6.29. The molecule has 0 spiro atoms. The third-order valence-corrected chi connectivity index (χ3v) is 5.47. The lowest BCUT2D eigenvalue weighted by Gasteiger charge is -2.36. The van der Waals surface area contributed by atoms with Crippen molar-refractivity contribution in [2.24, 2.45) is 0 Å². The number of carbonyl (C=O) groups excluding carboxylic acids is 1. The molecular formula is C26H27ClFN3O3. The molecule has 0 atom stereocenters. The molecule has 34 heavy (non-hydrogen) atoms. The van der Waals surface area contributed by atoms with Crippen molar-refractivity contribution in [2.75, 3.05) is 31.1 Å². The Labute approximate surface area is 203 Å². The molecule has 0 saturated carbocycles. The van der Waals surface area contributed by atoms with E-state index in [9.17, 15) is 9.18 Å². The molecular weight excluding hydrogens is 457 g/mol. The first-order chi connectivity index (χ1) is 16.2. The van der Waals surface area contributed by atoms with Crippen LogP contribution in [0.5, 0.6) is 11.5 Å². The highest BCUT2D eigenvalue weighted by atomic mass is 35.5. The molecule has 1 aliphatic rings. The van der Waals surface area contributed by atoms with Crippen molar-refractivity contribution < 1.29 is 18.7 Å². The lowest BCUT2D eigenvalue weighted by Crippen LogP contribution is -2.50. The molecule has 0 radical (unpaired) electrons. The first kappa shape index (κ1) is 23.8. The van der Waals surface area contributed by atoms with Gasteiger partial charge in [-0.25, -0.2) is 14.2 Å². The average Bonchev–Trinajstić information content (AvgIpc) is 2.80. The Morgan fingerprint density at radius 2 is 1.53 bits per heavy atom. The van der Waals surface area contributed by atoms with Gasteiger partial charge in [-0.05, 0) is 81.4 Å². The van der Waals surface area contributed by atoms with Crippen molar-refractivity contribution in [3.8, 4) is 22.8 Å². The summed E-state index contributed by atoms with van der Waals surface area (Å²) in [5, 5.41) is 0.397. The number of hydrogen-bond donors (Lipinski definition) is 0. The van der Waals surface area contributed by atoms with Gasteiger partial charge in [0.1, 0.15) is 28.1 Å². The summed E-state index contributed by atoms with van der Waals surface area (Å²) >= 11 is 6.34. The van der Waals surface area contributed by atoms with Crippen LogP contribution >= 0.6 is 11.6 Å². The van der Waals surface area contributed by atoms with Gasteiger partial charge in [-0.3, -0.25) is 0 Å². The molecule has 178 valence electrons. The molecule has 1 amide bonds. The molecule has 6 nitrogen and oxygen atoms in total.